The molecule has 0 rings (SSSR count). The van der Waals surface area contributed by atoms with E-state index in [2.05, 4.69) is 12.2 Å². The second-order valence-corrected chi connectivity index (χ2v) is 3.67. The van der Waals surface area contributed by atoms with Gasteiger partial charge in [0.1, 0.15) is 0 Å². The van der Waals surface area contributed by atoms with Crippen molar-refractivity contribution in [1.82, 2.24) is 5.32 Å². The van der Waals surface area contributed by atoms with Crippen molar-refractivity contribution in [1.29, 1.82) is 0 Å². The maximum absolute atomic E-state index is 5.42. The van der Waals surface area contributed by atoms with Crippen LogP contribution in [0.25, 0.3) is 0 Å². The van der Waals surface area contributed by atoms with Crippen LogP contribution in [0.4, 0.5) is 0 Å². The molecule has 0 aromatic rings. The first-order valence-electron chi connectivity index (χ1n) is 6.27. The highest BCUT2D eigenvalue weighted by molar-refractivity contribution is 4.45. The predicted octanol–water partition coefficient (Wildman–Crippen LogP) is 1.45. The van der Waals surface area contributed by atoms with Gasteiger partial charge in [0.2, 0.25) is 0 Å². The SMILES string of the molecule is CCCNCCCOCCOCCCOC. The van der Waals surface area contributed by atoms with Crippen LogP contribution >= 0.6 is 0 Å². The van der Waals surface area contributed by atoms with Gasteiger partial charge in [-0.25, -0.2) is 0 Å². The molecule has 1 N–H and O–H groups in total. The summed E-state index contributed by atoms with van der Waals surface area (Å²) in [6.45, 7) is 8.04. The third kappa shape index (κ3) is 13.8. The number of rotatable bonds is 13. The van der Waals surface area contributed by atoms with Crippen molar-refractivity contribution in [3.63, 3.8) is 0 Å². The molecule has 0 aliphatic heterocycles. The third-order valence-electron chi connectivity index (χ3n) is 2.08. The van der Waals surface area contributed by atoms with E-state index in [1.165, 1.54) is 6.42 Å². The van der Waals surface area contributed by atoms with E-state index >= 15 is 0 Å². The van der Waals surface area contributed by atoms with Crippen molar-refractivity contribution in [3.8, 4) is 0 Å². The summed E-state index contributed by atoms with van der Waals surface area (Å²) in [6.07, 6.45) is 3.22. The standard InChI is InChI=1S/C12H27NO3/c1-3-6-13-7-4-9-15-11-12-16-10-5-8-14-2/h13H,3-12H2,1-2H3. The molecular weight excluding hydrogens is 206 g/mol. The molecule has 0 unspecified atom stereocenters. The van der Waals surface area contributed by atoms with Gasteiger partial charge in [-0.1, -0.05) is 6.92 Å². The average Bonchev–Trinajstić information content (AvgIpc) is 2.31. The van der Waals surface area contributed by atoms with E-state index in [-0.39, 0.29) is 0 Å². The van der Waals surface area contributed by atoms with E-state index in [4.69, 9.17) is 14.2 Å². The number of hydrogen-bond donors (Lipinski definition) is 1. The van der Waals surface area contributed by atoms with E-state index in [1.54, 1.807) is 7.11 Å². The Balaban J connectivity index is 2.83. The second kappa shape index (κ2) is 14.8. The first-order chi connectivity index (χ1) is 7.91. The lowest BCUT2D eigenvalue weighted by Gasteiger charge is -2.06. The molecule has 0 bridgehead atoms. The molecule has 0 aliphatic rings. The van der Waals surface area contributed by atoms with Crippen LogP contribution in [0.1, 0.15) is 26.2 Å². The highest BCUT2D eigenvalue weighted by Crippen LogP contribution is 1.86. The third-order valence-corrected chi connectivity index (χ3v) is 2.08. The molecular formula is C12H27NO3. The fraction of sp³-hybridized carbons (Fsp3) is 1.00. The molecule has 98 valence electrons. The molecule has 0 aromatic carbocycles. The van der Waals surface area contributed by atoms with E-state index in [0.29, 0.717) is 13.2 Å². The van der Waals surface area contributed by atoms with Crippen molar-refractivity contribution < 1.29 is 14.2 Å². The minimum atomic E-state index is 0.687. The normalized spacial score (nSPS) is 10.9. The van der Waals surface area contributed by atoms with Crippen LogP contribution in [0.2, 0.25) is 0 Å². The van der Waals surface area contributed by atoms with Gasteiger partial charge in [0.15, 0.2) is 0 Å². The van der Waals surface area contributed by atoms with Gasteiger partial charge in [0.25, 0.3) is 0 Å². The topological polar surface area (TPSA) is 39.7 Å². The van der Waals surface area contributed by atoms with Crippen LogP contribution in [0, 0.1) is 0 Å². The molecule has 0 aromatic heterocycles. The van der Waals surface area contributed by atoms with Crippen LogP contribution in [0.3, 0.4) is 0 Å². The van der Waals surface area contributed by atoms with E-state index in [1.807, 2.05) is 0 Å². The molecule has 16 heavy (non-hydrogen) atoms. The quantitative estimate of drug-likeness (QED) is 0.489. The van der Waals surface area contributed by atoms with Crippen LogP contribution in [0.5, 0.6) is 0 Å². The molecule has 0 saturated carbocycles. The van der Waals surface area contributed by atoms with Crippen molar-refractivity contribution in [2.75, 3.05) is 53.2 Å². The number of nitrogens with one attached hydrogen (secondary N) is 1. The minimum Gasteiger partial charge on any atom is -0.385 e. The predicted molar refractivity (Wildman–Crippen MR) is 65.9 cm³/mol. The summed E-state index contributed by atoms with van der Waals surface area (Å²) < 4.78 is 15.7. The van der Waals surface area contributed by atoms with Gasteiger partial charge in [-0.3, -0.25) is 0 Å². The summed E-state index contributed by atoms with van der Waals surface area (Å²) >= 11 is 0. The van der Waals surface area contributed by atoms with E-state index < -0.39 is 0 Å². The van der Waals surface area contributed by atoms with Crippen molar-refractivity contribution >= 4 is 0 Å². The van der Waals surface area contributed by atoms with Gasteiger partial charge in [0.05, 0.1) is 13.2 Å². The molecule has 0 aliphatic carbocycles. The molecule has 0 radical (unpaired) electrons. The number of hydrogen-bond acceptors (Lipinski definition) is 4. The van der Waals surface area contributed by atoms with Crippen molar-refractivity contribution in [2.24, 2.45) is 0 Å². The largest absolute Gasteiger partial charge is 0.385 e. The second-order valence-electron chi connectivity index (χ2n) is 3.67. The Kier molecular flexibility index (Phi) is 14.7. The van der Waals surface area contributed by atoms with Crippen LogP contribution in [-0.4, -0.2) is 53.2 Å². The molecule has 0 saturated heterocycles. The van der Waals surface area contributed by atoms with Gasteiger partial charge in [-0.05, 0) is 32.4 Å². The highest BCUT2D eigenvalue weighted by Gasteiger charge is 1.91. The smallest absolute Gasteiger partial charge is 0.0700 e. The molecule has 0 amide bonds. The summed E-state index contributed by atoms with van der Waals surface area (Å²) in [5, 5.41) is 3.34. The summed E-state index contributed by atoms with van der Waals surface area (Å²) in [7, 11) is 1.70. The zero-order chi connectivity index (χ0) is 11.9. The lowest BCUT2D eigenvalue weighted by Crippen LogP contribution is -2.18. The Morgan fingerprint density at radius 2 is 1.50 bits per heavy atom. The maximum atomic E-state index is 5.42. The summed E-state index contributed by atoms with van der Waals surface area (Å²) in [5.74, 6) is 0. The number of ether oxygens (including phenoxy) is 3. The van der Waals surface area contributed by atoms with Crippen molar-refractivity contribution in [3.05, 3.63) is 0 Å². The van der Waals surface area contributed by atoms with Crippen LogP contribution in [-0.2, 0) is 14.2 Å². The fourth-order valence-corrected chi connectivity index (χ4v) is 1.23. The van der Waals surface area contributed by atoms with E-state index in [9.17, 15) is 0 Å². The lowest BCUT2D eigenvalue weighted by molar-refractivity contribution is 0.0392. The molecule has 0 atom stereocenters. The molecule has 0 heterocycles. The Morgan fingerprint density at radius 1 is 0.812 bits per heavy atom. The maximum Gasteiger partial charge on any atom is 0.0700 e. The van der Waals surface area contributed by atoms with Gasteiger partial charge < -0.3 is 19.5 Å². The highest BCUT2D eigenvalue weighted by atomic mass is 16.5. The average molecular weight is 233 g/mol. The minimum absolute atomic E-state index is 0.687. The van der Waals surface area contributed by atoms with Gasteiger partial charge in [-0.2, -0.15) is 0 Å². The van der Waals surface area contributed by atoms with Crippen LogP contribution in [0.15, 0.2) is 0 Å². The Bertz CT molecular complexity index is 109. The van der Waals surface area contributed by atoms with Crippen LogP contribution < -0.4 is 5.32 Å². The number of methoxy groups -OCH3 is 1. The Morgan fingerprint density at radius 3 is 2.12 bits per heavy atom. The van der Waals surface area contributed by atoms with Gasteiger partial charge in [-0.15, -0.1) is 0 Å². The Hall–Kier alpha value is -0.160. The van der Waals surface area contributed by atoms with E-state index in [0.717, 1.165) is 45.8 Å². The summed E-state index contributed by atoms with van der Waals surface area (Å²) in [4.78, 5) is 0. The first-order valence-corrected chi connectivity index (χ1v) is 6.27. The monoisotopic (exact) mass is 233 g/mol. The first kappa shape index (κ1) is 15.8. The molecule has 0 spiro atoms. The lowest BCUT2D eigenvalue weighted by atomic mass is 10.4. The molecule has 4 nitrogen and oxygen atoms in total. The fourth-order valence-electron chi connectivity index (χ4n) is 1.23. The zero-order valence-electron chi connectivity index (χ0n) is 10.8. The van der Waals surface area contributed by atoms with Gasteiger partial charge >= 0.3 is 0 Å². The van der Waals surface area contributed by atoms with Crippen molar-refractivity contribution in [2.45, 2.75) is 26.2 Å². The summed E-state index contributed by atoms with van der Waals surface area (Å²) in [6, 6.07) is 0. The zero-order valence-corrected chi connectivity index (χ0v) is 10.8. The summed E-state index contributed by atoms with van der Waals surface area (Å²) in [5.41, 5.74) is 0. The molecule has 0 fully saturated rings. The van der Waals surface area contributed by atoms with Gasteiger partial charge in [0, 0.05) is 26.9 Å². The Labute approximate surface area is 99.6 Å². The molecule has 4 heteroatoms.